The second-order valence-corrected chi connectivity index (χ2v) is 6.25. The molecule has 1 fully saturated rings. The Labute approximate surface area is 154 Å². The largest absolute Gasteiger partial charge is 0.459 e. The molecule has 0 aromatic carbocycles. The molecule has 3 N–H and O–H groups in total. The Hall–Kier alpha value is -2.51. The summed E-state index contributed by atoms with van der Waals surface area (Å²) in [6.45, 7) is 7.54. The molecule has 0 unspecified atom stereocenters. The molecule has 0 saturated carbocycles. The quantitative estimate of drug-likeness (QED) is 0.362. The lowest BCUT2D eigenvalue weighted by molar-refractivity contribution is -0.128. The maximum Gasteiger partial charge on any atom is 0.287 e. The second-order valence-electron chi connectivity index (χ2n) is 6.25. The molecule has 0 bridgehead atoms. The minimum Gasteiger partial charge on any atom is -0.459 e. The molecule has 1 aliphatic rings. The number of aryl methyl sites for hydroxylation is 1. The van der Waals surface area contributed by atoms with Crippen LogP contribution in [0.2, 0.25) is 0 Å². The van der Waals surface area contributed by atoms with Gasteiger partial charge >= 0.3 is 0 Å². The highest BCUT2D eigenvalue weighted by atomic mass is 16.3. The van der Waals surface area contributed by atoms with Crippen molar-refractivity contribution >= 4 is 17.8 Å². The molecular formula is C18H29N5O3. The van der Waals surface area contributed by atoms with Gasteiger partial charge in [-0.15, -0.1) is 0 Å². The van der Waals surface area contributed by atoms with Crippen LogP contribution < -0.4 is 16.0 Å². The van der Waals surface area contributed by atoms with E-state index in [2.05, 4.69) is 20.9 Å². The number of hydrogen-bond donors (Lipinski definition) is 3. The van der Waals surface area contributed by atoms with Gasteiger partial charge < -0.3 is 25.3 Å². The fraction of sp³-hybridized carbons (Fsp3) is 0.611. The van der Waals surface area contributed by atoms with Crippen molar-refractivity contribution in [1.82, 2.24) is 20.9 Å². The maximum atomic E-state index is 12.1. The average Bonchev–Trinajstić information content (AvgIpc) is 3.30. The molecule has 2 rings (SSSR count). The minimum absolute atomic E-state index is 0.0702. The summed E-state index contributed by atoms with van der Waals surface area (Å²) in [5.74, 6) is 0.839. The summed E-state index contributed by atoms with van der Waals surface area (Å²) in [7, 11) is 0. The summed E-state index contributed by atoms with van der Waals surface area (Å²) in [5, 5.41) is 9.13. The highest BCUT2D eigenvalue weighted by molar-refractivity contribution is 5.92. The van der Waals surface area contributed by atoms with Crippen molar-refractivity contribution in [2.75, 3.05) is 39.3 Å². The van der Waals surface area contributed by atoms with E-state index >= 15 is 0 Å². The number of carbonyl (C=O) groups excluding carboxylic acids is 2. The highest BCUT2D eigenvalue weighted by Gasteiger charge is 2.17. The van der Waals surface area contributed by atoms with Gasteiger partial charge in [-0.1, -0.05) is 0 Å². The number of furan rings is 1. The van der Waals surface area contributed by atoms with Crippen molar-refractivity contribution in [3.05, 3.63) is 23.7 Å². The lowest BCUT2D eigenvalue weighted by Gasteiger charge is -2.15. The van der Waals surface area contributed by atoms with Crippen LogP contribution in [-0.4, -0.2) is 61.9 Å². The van der Waals surface area contributed by atoms with Crippen molar-refractivity contribution < 1.29 is 14.0 Å². The number of carbonyl (C=O) groups is 2. The first kappa shape index (κ1) is 19.8. The van der Waals surface area contributed by atoms with Crippen LogP contribution in [0.4, 0.5) is 0 Å². The zero-order valence-electron chi connectivity index (χ0n) is 15.6. The van der Waals surface area contributed by atoms with E-state index in [1.165, 1.54) is 6.26 Å². The van der Waals surface area contributed by atoms with Crippen molar-refractivity contribution in [2.45, 2.75) is 33.1 Å². The normalized spacial score (nSPS) is 14.4. The van der Waals surface area contributed by atoms with Gasteiger partial charge in [-0.25, -0.2) is 4.99 Å². The number of nitrogens with zero attached hydrogens (tertiary/aromatic N) is 2. The van der Waals surface area contributed by atoms with E-state index in [-0.39, 0.29) is 18.4 Å². The van der Waals surface area contributed by atoms with Crippen LogP contribution in [0.1, 0.15) is 42.3 Å². The first-order chi connectivity index (χ1) is 12.6. The van der Waals surface area contributed by atoms with Gasteiger partial charge in [-0.3, -0.25) is 9.59 Å². The molecule has 0 spiro atoms. The molecule has 0 atom stereocenters. The monoisotopic (exact) mass is 363 g/mol. The van der Waals surface area contributed by atoms with Crippen molar-refractivity contribution in [2.24, 2.45) is 4.99 Å². The van der Waals surface area contributed by atoms with E-state index in [9.17, 15) is 9.59 Å². The number of guanidine groups is 1. The maximum absolute atomic E-state index is 12.1. The molecule has 8 heteroatoms. The van der Waals surface area contributed by atoms with E-state index in [4.69, 9.17) is 4.42 Å². The molecule has 144 valence electrons. The van der Waals surface area contributed by atoms with Gasteiger partial charge in [0.1, 0.15) is 6.54 Å². The van der Waals surface area contributed by atoms with Crippen molar-refractivity contribution in [3.63, 3.8) is 0 Å². The minimum atomic E-state index is -0.204. The Morgan fingerprint density at radius 2 is 1.92 bits per heavy atom. The molecule has 2 heterocycles. The van der Waals surface area contributed by atoms with Crippen LogP contribution in [0.5, 0.6) is 0 Å². The predicted octanol–water partition coefficient (Wildman–Crippen LogP) is 0.885. The molecule has 1 aromatic heterocycles. The fourth-order valence-corrected chi connectivity index (χ4v) is 2.74. The Kier molecular flexibility index (Phi) is 7.98. The molecule has 2 amide bonds. The van der Waals surface area contributed by atoms with Gasteiger partial charge in [0.15, 0.2) is 11.7 Å². The van der Waals surface area contributed by atoms with E-state index in [1.54, 1.807) is 6.07 Å². The predicted molar refractivity (Wildman–Crippen MR) is 100 cm³/mol. The SMILES string of the molecule is CCNC(=NCC(=O)N1CCCC1)NCCCNC(=O)c1occc1C. The molecule has 1 saturated heterocycles. The Balaban J connectivity index is 1.67. The third-order valence-electron chi connectivity index (χ3n) is 4.18. The van der Waals surface area contributed by atoms with Crippen molar-refractivity contribution in [3.8, 4) is 0 Å². The summed E-state index contributed by atoms with van der Waals surface area (Å²) >= 11 is 0. The van der Waals surface area contributed by atoms with Crippen LogP contribution in [0.25, 0.3) is 0 Å². The van der Waals surface area contributed by atoms with Crippen LogP contribution in [-0.2, 0) is 4.79 Å². The van der Waals surface area contributed by atoms with Gasteiger partial charge in [0, 0.05) is 38.3 Å². The summed E-state index contributed by atoms with van der Waals surface area (Å²) in [4.78, 5) is 30.2. The second kappa shape index (κ2) is 10.5. The van der Waals surface area contributed by atoms with Crippen LogP contribution in [0.15, 0.2) is 21.7 Å². The smallest absolute Gasteiger partial charge is 0.287 e. The Morgan fingerprint density at radius 3 is 2.58 bits per heavy atom. The van der Waals surface area contributed by atoms with Crippen LogP contribution >= 0.6 is 0 Å². The van der Waals surface area contributed by atoms with Gasteiger partial charge in [0.25, 0.3) is 5.91 Å². The van der Waals surface area contributed by atoms with E-state index in [0.717, 1.165) is 44.5 Å². The zero-order chi connectivity index (χ0) is 18.8. The third kappa shape index (κ3) is 6.09. The van der Waals surface area contributed by atoms with Gasteiger partial charge in [-0.2, -0.15) is 0 Å². The average molecular weight is 363 g/mol. The molecule has 0 aliphatic carbocycles. The van der Waals surface area contributed by atoms with Crippen molar-refractivity contribution in [1.29, 1.82) is 0 Å². The molecule has 1 aliphatic heterocycles. The van der Waals surface area contributed by atoms with Gasteiger partial charge in [0.05, 0.1) is 6.26 Å². The lowest BCUT2D eigenvalue weighted by atomic mass is 10.2. The zero-order valence-corrected chi connectivity index (χ0v) is 15.6. The highest BCUT2D eigenvalue weighted by Crippen LogP contribution is 2.08. The summed E-state index contributed by atoms with van der Waals surface area (Å²) in [6.07, 6.45) is 4.40. The Bertz CT molecular complexity index is 620. The molecular weight excluding hydrogens is 334 g/mol. The summed E-state index contributed by atoms with van der Waals surface area (Å²) in [5.41, 5.74) is 0.824. The van der Waals surface area contributed by atoms with E-state index < -0.39 is 0 Å². The number of rotatable bonds is 8. The summed E-state index contributed by atoms with van der Waals surface area (Å²) < 4.78 is 5.16. The fourth-order valence-electron chi connectivity index (χ4n) is 2.74. The Morgan fingerprint density at radius 1 is 1.19 bits per heavy atom. The number of aliphatic imine (C=N–C) groups is 1. The standard InChI is InChI=1S/C18H29N5O3/c1-3-19-18(22-13-15(24)23-10-4-5-11-23)21-9-6-8-20-17(25)16-14(2)7-12-26-16/h7,12H,3-6,8-11,13H2,1-2H3,(H,20,25)(H2,19,21,22). The molecule has 26 heavy (non-hydrogen) atoms. The van der Waals surface area contributed by atoms with Crippen LogP contribution in [0.3, 0.4) is 0 Å². The number of likely N-dealkylation sites (tertiary alicyclic amines) is 1. The first-order valence-electron chi connectivity index (χ1n) is 9.24. The third-order valence-corrected chi connectivity index (χ3v) is 4.18. The van der Waals surface area contributed by atoms with Crippen LogP contribution in [0, 0.1) is 6.92 Å². The molecule has 8 nitrogen and oxygen atoms in total. The van der Waals surface area contributed by atoms with E-state index in [1.807, 2.05) is 18.7 Å². The van der Waals surface area contributed by atoms with E-state index in [0.29, 0.717) is 24.8 Å². The number of amides is 2. The van der Waals surface area contributed by atoms with Gasteiger partial charge in [-0.05, 0) is 39.2 Å². The first-order valence-corrected chi connectivity index (χ1v) is 9.24. The summed E-state index contributed by atoms with van der Waals surface area (Å²) in [6, 6.07) is 1.76. The number of nitrogens with one attached hydrogen (secondary N) is 3. The molecule has 1 aromatic rings. The van der Waals surface area contributed by atoms with Gasteiger partial charge in [0.2, 0.25) is 5.91 Å². The lowest BCUT2D eigenvalue weighted by Crippen LogP contribution is -2.40. The number of hydrogen-bond acceptors (Lipinski definition) is 4. The topological polar surface area (TPSA) is 99.0 Å². The molecule has 0 radical (unpaired) electrons.